The molecular formula is C17H16FN3O3S2. The molecule has 0 saturated heterocycles. The zero-order chi connectivity index (χ0) is 18.7. The van der Waals surface area contributed by atoms with Crippen molar-refractivity contribution < 1.29 is 17.6 Å². The first kappa shape index (κ1) is 18.4. The molecule has 1 heterocycles. The minimum Gasteiger partial charge on any atom is -0.326 e. The minimum atomic E-state index is -3.55. The summed E-state index contributed by atoms with van der Waals surface area (Å²) in [4.78, 5) is 12.4. The van der Waals surface area contributed by atoms with Crippen LogP contribution >= 0.6 is 11.5 Å². The van der Waals surface area contributed by atoms with E-state index in [0.29, 0.717) is 11.3 Å². The number of benzene rings is 2. The zero-order valence-corrected chi connectivity index (χ0v) is 15.4. The smallest absolute Gasteiger partial charge is 0.226 e. The Balaban J connectivity index is 1.76. The van der Waals surface area contributed by atoms with Crippen molar-refractivity contribution in [3.8, 4) is 0 Å². The lowest BCUT2D eigenvalue weighted by Gasteiger charge is -2.18. The number of carbonyl (C=O) groups excluding carboxylic acids is 1. The van der Waals surface area contributed by atoms with Gasteiger partial charge in [0.15, 0.2) is 0 Å². The number of hydrogen-bond donors (Lipinski definition) is 2. The molecule has 6 nitrogen and oxygen atoms in total. The number of rotatable bonds is 6. The molecule has 1 amide bonds. The van der Waals surface area contributed by atoms with E-state index in [9.17, 15) is 17.6 Å². The molecule has 0 spiro atoms. The predicted molar refractivity (Wildman–Crippen MR) is 100.0 cm³/mol. The van der Waals surface area contributed by atoms with Crippen LogP contribution in [0.2, 0.25) is 0 Å². The topological polar surface area (TPSA) is 88.2 Å². The molecule has 3 aromatic rings. The van der Waals surface area contributed by atoms with Crippen LogP contribution in [0.4, 0.5) is 10.1 Å². The van der Waals surface area contributed by atoms with Crippen LogP contribution in [0.3, 0.4) is 0 Å². The third-order valence-electron chi connectivity index (χ3n) is 3.65. The van der Waals surface area contributed by atoms with Gasteiger partial charge in [0.2, 0.25) is 15.9 Å². The summed E-state index contributed by atoms with van der Waals surface area (Å²) >= 11 is 1.36. The maximum absolute atomic E-state index is 13.1. The molecule has 1 unspecified atom stereocenters. The number of nitrogens with one attached hydrogen (secondary N) is 2. The van der Waals surface area contributed by atoms with Crippen molar-refractivity contribution in [1.29, 1.82) is 0 Å². The molecule has 0 saturated carbocycles. The predicted octanol–water partition coefficient (Wildman–Crippen LogP) is 3.05. The van der Waals surface area contributed by atoms with E-state index in [1.165, 1.54) is 35.8 Å². The Bertz CT molecular complexity index is 1030. The van der Waals surface area contributed by atoms with Crippen molar-refractivity contribution >= 4 is 43.2 Å². The molecule has 2 N–H and O–H groups in total. The van der Waals surface area contributed by atoms with E-state index in [1.54, 1.807) is 18.3 Å². The largest absolute Gasteiger partial charge is 0.326 e. The Kier molecular flexibility index (Phi) is 5.30. The van der Waals surface area contributed by atoms with Gasteiger partial charge in [-0.25, -0.2) is 17.5 Å². The standard InChI is InChI=1S/C17H16FN3O3S2/c1-26(23,24)21-15(11-2-4-13(18)5-3-11)9-17(22)20-14-6-7-16-12(8-14)10-19-25-16/h2-8,10,15,21H,9H2,1H3,(H,20,22). The maximum atomic E-state index is 13.1. The van der Waals surface area contributed by atoms with Gasteiger partial charge in [0.1, 0.15) is 5.82 Å². The van der Waals surface area contributed by atoms with Crippen LogP contribution < -0.4 is 10.0 Å². The lowest BCUT2D eigenvalue weighted by Crippen LogP contribution is -2.30. The number of fused-ring (bicyclic) bond motifs is 1. The van der Waals surface area contributed by atoms with Crippen LogP contribution in [0.25, 0.3) is 10.1 Å². The molecular weight excluding hydrogens is 377 g/mol. The first-order chi connectivity index (χ1) is 12.3. The highest BCUT2D eigenvalue weighted by molar-refractivity contribution is 7.88. The molecule has 9 heteroatoms. The average molecular weight is 393 g/mol. The summed E-state index contributed by atoms with van der Waals surface area (Å²) in [7, 11) is -3.55. The van der Waals surface area contributed by atoms with E-state index in [4.69, 9.17) is 0 Å². The number of aromatic nitrogens is 1. The summed E-state index contributed by atoms with van der Waals surface area (Å²) in [6.07, 6.45) is 2.60. The molecule has 3 rings (SSSR count). The number of nitrogens with zero attached hydrogens (tertiary/aromatic N) is 1. The van der Waals surface area contributed by atoms with Gasteiger partial charge in [-0.1, -0.05) is 12.1 Å². The van der Waals surface area contributed by atoms with Gasteiger partial charge < -0.3 is 5.32 Å². The minimum absolute atomic E-state index is 0.126. The Labute approximate surface area is 154 Å². The van der Waals surface area contributed by atoms with Crippen LogP contribution in [-0.4, -0.2) is 25.0 Å². The summed E-state index contributed by atoms with van der Waals surface area (Å²) in [5, 5.41) is 3.66. The third kappa shape index (κ3) is 4.84. The summed E-state index contributed by atoms with van der Waals surface area (Å²) < 4.78 is 43.8. The fourth-order valence-electron chi connectivity index (χ4n) is 2.53. The second-order valence-electron chi connectivity index (χ2n) is 5.82. The molecule has 0 aliphatic rings. The van der Waals surface area contributed by atoms with Gasteiger partial charge in [-0.3, -0.25) is 4.79 Å². The first-order valence-electron chi connectivity index (χ1n) is 7.67. The lowest BCUT2D eigenvalue weighted by atomic mass is 10.0. The molecule has 0 radical (unpaired) electrons. The van der Waals surface area contributed by atoms with Gasteiger partial charge >= 0.3 is 0 Å². The van der Waals surface area contributed by atoms with Crippen molar-refractivity contribution in [2.45, 2.75) is 12.5 Å². The highest BCUT2D eigenvalue weighted by Crippen LogP contribution is 2.23. The highest BCUT2D eigenvalue weighted by atomic mass is 32.2. The second-order valence-corrected chi connectivity index (χ2v) is 8.44. The molecule has 2 aromatic carbocycles. The fourth-order valence-corrected chi connectivity index (χ4v) is 3.89. The number of amides is 1. The van der Waals surface area contributed by atoms with Crippen LogP contribution in [0.5, 0.6) is 0 Å². The first-order valence-corrected chi connectivity index (χ1v) is 10.3. The van der Waals surface area contributed by atoms with E-state index in [-0.39, 0.29) is 12.3 Å². The third-order valence-corrected chi connectivity index (χ3v) is 5.15. The Morgan fingerprint density at radius 2 is 1.96 bits per heavy atom. The number of anilines is 1. The number of halogens is 1. The monoisotopic (exact) mass is 393 g/mol. The summed E-state index contributed by atoms with van der Waals surface area (Å²) in [5.74, 6) is -0.799. The van der Waals surface area contributed by atoms with E-state index in [0.717, 1.165) is 16.3 Å². The molecule has 0 aliphatic carbocycles. The van der Waals surface area contributed by atoms with Gasteiger partial charge in [-0.2, -0.15) is 4.37 Å². The van der Waals surface area contributed by atoms with E-state index in [1.807, 2.05) is 6.07 Å². The molecule has 0 aliphatic heterocycles. The van der Waals surface area contributed by atoms with Crippen LogP contribution in [-0.2, 0) is 14.8 Å². The zero-order valence-electron chi connectivity index (χ0n) is 13.8. The summed E-state index contributed by atoms with van der Waals surface area (Å²) in [5.41, 5.74) is 1.10. The maximum Gasteiger partial charge on any atom is 0.226 e. The van der Waals surface area contributed by atoms with Crippen LogP contribution in [0.1, 0.15) is 18.0 Å². The Morgan fingerprint density at radius 3 is 2.65 bits per heavy atom. The van der Waals surface area contributed by atoms with Crippen molar-refractivity contribution in [2.24, 2.45) is 0 Å². The molecule has 1 atom stereocenters. The summed E-state index contributed by atoms with van der Waals surface area (Å²) in [6.45, 7) is 0. The van der Waals surface area contributed by atoms with Crippen LogP contribution in [0, 0.1) is 5.82 Å². The summed E-state index contributed by atoms with van der Waals surface area (Å²) in [6, 6.07) is 9.97. The normalized spacial score (nSPS) is 12.8. The SMILES string of the molecule is CS(=O)(=O)NC(CC(=O)Nc1ccc2sncc2c1)c1ccc(F)cc1. The van der Waals surface area contributed by atoms with E-state index < -0.39 is 21.9 Å². The van der Waals surface area contributed by atoms with Gasteiger partial charge in [0.05, 0.1) is 17.0 Å². The second kappa shape index (κ2) is 7.48. The Morgan fingerprint density at radius 1 is 1.23 bits per heavy atom. The van der Waals surface area contributed by atoms with Crippen molar-refractivity contribution in [1.82, 2.24) is 9.10 Å². The van der Waals surface area contributed by atoms with E-state index in [2.05, 4.69) is 14.4 Å². The molecule has 26 heavy (non-hydrogen) atoms. The quantitative estimate of drug-likeness (QED) is 0.674. The number of sulfonamides is 1. The van der Waals surface area contributed by atoms with Gasteiger partial charge in [0, 0.05) is 23.7 Å². The molecule has 1 aromatic heterocycles. The number of carbonyl (C=O) groups is 1. The van der Waals surface area contributed by atoms with Gasteiger partial charge in [0.25, 0.3) is 0 Å². The number of hydrogen-bond acceptors (Lipinski definition) is 5. The van der Waals surface area contributed by atoms with Gasteiger partial charge in [-0.15, -0.1) is 0 Å². The van der Waals surface area contributed by atoms with Crippen molar-refractivity contribution in [3.05, 3.63) is 60.0 Å². The molecule has 136 valence electrons. The van der Waals surface area contributed by atoms with Crippen molar-refractivity contribution in [2.75, 3.05) is 11.6 Å². The average Bonchev–Trinajstić information content (AvgIpc) is 3.01. The van der Waals surface area contributed by atoms with Crippen LogP contribution in [0.15, 0.2) is 48.7 Å². The fraction of sp³-hybridized carbons (Fsp3) is 0.176. The van der Waals surface area contributed by atoms with E-state index >= 15 is 0 Å². The molecule has 0 bridgehead atoms. The molecule has 0 fully saturated rings. The van der Waals surface area contributed by atoms with Gasteiger partial charge in [-0.05, 0) is 47.4 Å². The highest BCUT2D eigenvalue weighted by Gasteiger charge is 2.20. The lowest BCUT2D eigenvalue weighted by molar-refractivity contribution is -0.116. The van der Waals surface area contributed by atoms with Crippen molar-refractivity contribution in [3.63, 3.8) is 0 Å². The Hall–Kier alpha value is -2.36.